The average Bonchev–Trinajstić information content (AvgIpc) is 3.26. The summed E-state index contributed by atoms with van der Waals surface area (Å²) in [6.45, 7) is 1.81. The number of nitrogens with zero attached hydrogens (tertiary/aromatic N) is 1. The standard InChI is InChI=1S/C20H18N2O6/c1-20(14-6-7-15-16(9-14)28-11-27-15)18(24)22(19(25)21-20)10-12-4-3-5-13(8-12)17(23)26-2/h3-9H,10-11H2,1-2H3,(H,21,25)/t20-/m1/s1. The Kier molecular flexibility index (Phi) is 4.18. The Morgan fingerprint density at radius 2 is 1.96 bits per heavy atom. The van der Waals surface area contributed by atoms with Crippen molar-refractivity contribution in [2.75, 3.05) is 13.9 Å². The third-order valence-electron chi connectivity index (χ3n) is 4.91. The van der Waals surface area contributed by atoms with E-state index in [2.05, 4.69) is 5.32 Å². The highest BCUT2D eigenvalue weighted by atomic mass is 16.7. The first kappa shape index (κ1) is 17.8. The fourth-order valence-electron chi connectivity index (χ4n) is 3.34. The second-order valence-corrected chi connectivity index (χ2v) is 6.71. The van der Waals surface area contributed by atoms with E-state index in [9.17, 15) is 14.4 Å². The first-order chi connectivity index (χ1) is 13.4. The van der Waals surface area contributed by atoms with Crippen molar-refractivity contribution < 1.29 is 28.6 Å². The maximum atomic E-state index is 13.1. The zero-order chi connectivity index (χ0) is 19.9. The number of carbonyl (C=O) groups is 3. The lowest BCUT2D eigenvalue weighted by molar-refractivity contribution is -0.131. The molecule has 2 aliphatic heterocycles. The molecule has 0 aliphatic carbocycles. The molecule has 1 fully saturated rings. The molecular formula is C20H18N2O6. The van der Waals surface area contributed by atoms with Gasteiger partial charge in [0.1, 0.15) is 5.54 Å². The lowest BCUT2D eigenvalue weighted by Crippen LogP contribution is -2.40. The molecule has 2 aromatic rings. The molecular weight excluding hydrogens is 364 g/mol. The molecule has 2 heterocycles. The van der Waals surface area contributed by atoms with E-state index in [4.69, 9.17) is 14.2 Å². The van der Waals surface area contributed by atoms with Crippen molar-refractivity contribution >= 4 is 17.9 Å². The van der Waals surface area contributed by atoms with Gasteiger partial charge in [0.25, 0.3) is 5.91 Å². The van der Waals surface area contributed by atoms with Gasteiger partial charge in [-0.3, -0.25) is 9.69 Å². The number of carbonyl (C=O) groups excluding carboxylic acids is 3. The van der Waals surface area contributed by atoms with Crippen LogP contribution in [-0.2, 0) is 21.6 Å². The number of methoxy groups -OCH3 is 1. The Morgan fingerprint density at radius 1 is 1.18 bits per heavy atom. The Labute approximate surface area is 161 Å². The monoisotopic (exact) mass is 382 g/mol. The van der Waals surface area contributed by atoms with Crippen LogP contribution in [0.1, 0.15) is 28.4 Å². The smallest absolute Gasteiger partial charge is 0.337 e. The van der Waals surface area contributed by atoms with Gasteiger partial charge in [0.15, 0.2) is 11.5 Å². The van der Waals surface area contributed by atoms with Gasteiger partial charge in [0, 0.05) is 0 Å². The number of esters is 1. The molecule has 0 radical (unpaired) electrons. The van der Waals surface area contributed by atoms with Crippen molar-refractivity contribution in [3.63, 3.8) is 0 Å². The van der Waals surface area contributed by atoms with Crippen LogP contribution in [0.25, 0.3) is 0 Å². The zero-order valence-corrected chi connectivity index (χ0v) is 15.4. The third-order valence-corrected chi connectivity index (χ3v) is 4.91. The summed E-state index contributed by atoms with van der Waals surface area (Å²) in [6, 6.07) is 11.3. The van der Waals surface area contributed by atoms with Crippen LogP contribution in [0.2, 0.25) is 0 Å². The highest BCUT2D eigenvalue weighted by molar-refractivity contribution is 6.07. The molecule has 28 heavy (non-hydrogen) atoms. The van der Waals surface area contributed by atoms with E-state index in [0.29, 0.717) is 28.2 Å². The summed E-state index contributed by atoms with van der Waals surface area (Å²) in [5, 5.41) is 2.76. The van der Waals surface area contributed by atoms with Crippen molar-refractivity contribution in [1.29, 1.82) is 0 Å². The van der Waals surface area contributed by atoms with Gasteiger partial charge in [-0.1, -0.05) is 18.2 Å². The lowest BCUT2D eigenvalue weighted by atomic mass is 9.91. The maximum absolute atomic E-state index is 13.1. The molecule has 1 atom stereocenters. The fraction of sp³-hybridized carbons (Fsp3) is 0.250. The van der Waals surface area contributed by atoms with Gasteiger partial charge in [0.05, 0.1) is 19.2 Å². The van der Waals surface area contributed by atoms with Crippen LogP contribution in [-0.4, -0.2) is 36.7 Å². The van der Waals surface area contributed by atoms with E-state index in [0.717, 1.165) is 4.90 Å². The molecule has 144 valence electrons. The predicted octanol–water partition coefficient (Wildman–Crippen LogP) is 2.17. The fourth-order valence-corrected chi connectivity index (χ4v) is 3.34. The van der Waals surface area contributed by atoms with E-state index in [1.54, 1.807) is 49.4 Å². The van der Waals surface area contributed by atoms with Crippen molar-refractivity contribution in [2.45, 2.75) is 19.0 Å². The van der Waals surface area contributed by atoms with Gasteiger partial charge in [-0.2, -0.15) is 0 Å². The Bertz CT molecular complexity index is 988. The first-order valence-electron chi connectivity index (χ1n) is 8.64. The average molecular weight is 382 g/mol. The van der Waals surface area contributed by atoms with Crippen molar-refractivity contribution in [3.8, 4) is 11.5 Å². The third kappa shape index (κ3) is 2.83. The van der Waals surface area contributed by atoms with E-state index in [1.165, 1.54) is 7.11 Å². The number of ether oxygens (including phenoxy) is 3. The summed E-state index contributed by atoms with van der Waals surface area (Å²) < 4.78 is 15.4. The number of hydrogen-bond donors (Lipinski definition) is 1. The van der Waals surface area contributed by atoms with Gasteiger partial charge in [0.2, 0.25) is 6.79 Å². The van der Waals surface area contributed by atoms with Gasteiger partial charge >= 0.3 is 12.0 Å². The Hall–Kier alpha value is -3.55. The Morgan fingerprint density at radius 3 is 2.75 bits per heavy atom. The van der Waals surface area contributed by atoms with Crippen LogP contribution in [0.15, 0.2) is 42.5 Å². The number of imide groups is 1. The van der Waals surface area contributed by atoms with E-state index < -0.39 is 17.5 Å². The number of urea groups is 1. The summed E-state index contributed by atoms with van der Waals surface area (Å²) in [4.78, 5) is 38.5. The van der Waals surface area contributed by atoms with Gasteiger partial charge in [-0.05, 0) is 42.3 Å². The highest BCUT2D eigenvalue weighted by Crippen LogP contribution is 2.38. The first-order valence-corrected chi connectivity index (χ1v) is 8.64. The minimum atomic E-state index is -1.22. The molecule has 0 aromatic heterocycles. The summed E-state index contributed by atoms with van der Waals surface area (Å²) in [6.07, 6.45) is 0. The second-order valence-electron chi connectivity index (χ2n) is 6.71. The van der Waals surface area contributed by atoms with Gasteiger partial charge in [-0.15, -0.1) is 0 Å². The largest absolute Gasteiger partial charge is 0.465 e. The van der Waals surface area contributed by atoms with Crippen LogP contribution in [0, 0.1) is 0 Å². The van der Waals surface area contributed by atoms with Crippen LogP contribution in [0.3, 0.4) is 0 Å². The van der Waals surface area contributed by atoms with Crippen molar-refractivity contribution in [3.05, 3.63) is 59.2 Å². The quantitative estimate of drug-likeness (QED) is 0.643. The van der Waals surface area contributed by atoms with Crippen molar-refractivity contribution in [1.82, 2.24) is 10.2 Å². The number of nitrogens with one attached hydrogen (secondary N) is 1. The molecule has 8 nitrogen and oxygen atoms in total. The van der Waals surface area contributed by atoms with Crippen LogP contribution < -0.4 is 14.8 Å². The number of hydrogen-bond acceptors (Lipinski definition) is 6. The van der Waals surface area contributed by atoms with Gasteiger partial charge in [-0.25, -0.2) is 9.59 Å². The molecule has 2 aromatic carbocycles. The predicted molar refractivity (Wildman–Crippen MR) is 96.8 cm³/mol. The molecule has 1 N–H and O–H groups in total. The van der Waals surface area contributed by atoms with E-state index in [1.807, 2.05) is 0 Å². The molecule has 4 rings (SSSR count). The van der Waals surface area contributed by atoms with Crippen molar-refractivity contribution in [2.24, 2.45) is 0 Å². The molecule has 0 spiro atoms. The molecule has 0 saturated carbocycles. The number of rotatable bonds is 4. The van der Waals surface area contributed by atoms with Crippen LogP contribution >= 0.6 is 0 Å². The number of benzene rings is 2. The zero-order valence-electron chi connectivity index (χ0n) is 15.4. The molecule has 8 heteroatoms. The van der Waals surface area contributed by atoms with Gasteiger partial charge < -0.3 is 19.5 Å². The minimum absolute atomic E-state index is 0.0373. The number of amides is 3. The summed E-state index contributed by atoms with van der Waals surface area (Å²) >= 11 is 0. The molecule has 3 amide bonds. The summed E-state index contributed by atoms with van der Waals surface area (Å²) in [5.41, 5.74) is 0.366. The molecule has 0 unspecified atom stereocenters. The molecule has 2 aliphatic rings. The van der Waals surface area contributed by atoms with E-state index in [-0.39, 0.29) is 19.2 Å². The number of fused-ring (bicyclic) bond motifs is 1. The lowest BCUT2D eigenvalue weighted by Gasteiger charge is -2.22. The second kappa shape index (κ2) is 6.56. The minimum Gasteiger partial charge on any atom is -0.465 e. The molecule has 0 bridgehead atoms. The summed E-state index contributed by atoms with van der Waals surface area (Å²) in [5.74, 6) is 0.259. The van der Waals surface area contributed by atoms with E-state index >= 15 is 0 Å². The highest BCUT2D eigenvalue weighted by Gasteiger charge is 2.49. The maximum Gasteiger partial charge on any atom is 0.337 e. The molecule has 1 saturated heterocycles. The summed E-state index contributed by atoms with van der Waals surface area (Å²) in [7, 11) is 1.29. The van der Waals surface area contributed by atoms with Crippen LogP contribution in [0.4, 0.5) is 4.79 Å². The Balaban J connectivity index is 1.60. The SMILES string of the molecule is COC(=O)c1cccc(CN2C(=O)N[C@](C)(c3ccc4c(c3)OCO4)C2=O)c1. The topological polar surface area (TPSA) is 94.2 Å². The van der Waals surface area contributed by atoms with Crippen LogP contribution in [0.5, 0.6) is 11.5 Å². The normalized spacial score (nSPS) is 20.3.